The number of carbonyl (C=O) groups is 1. The van der Waals surface area contributed by atoms with E-state index in [1.54, 1.807) is 7.11 Å². The van der Waals surface area contributed by atoms with Crippen LogP contribution in [0.4, 0.5) is 0 Å². The van der Waals surface area contributed by atoms with Crippen LogP contribution in [0.5, 0.6) is 0 Å². The van der Waals surface area contributed by atoms with Crippen molar-refractivity contribution in [1.82, 2.24) is 4.90 Å². The Hall–Kier alpha value is -0.410. The Morgan fingerprint density at radius 1 is 1.57 bits per heavy atom. The van der Waals surface area contributed by atoms with Crippen molar-refractivity contribution < 1.29 is 9.53 Å². The molecule has 1 unspecified atom stereocenters. The number of methoxy groups -OCH3 is 1. The van der Waals surface area contributed by atoms with Gasteiger partial charge in [-0.25, -0.2) is 0 Å². The molecule has 1 atom stereocenters. The van der Waals surface area contributed by atoms with Gasteiger partial charge in [0, 0.05) is 32.0 Å². The maximum absolute atomic E-state index is 11.7. The van der Waals surface area contributed by atoms with Crippen molar-refractivity contribution in [3.63, 3.8) is 0 Å². The minimum absolute atomic E-state index is 0.183. The summed E-state index contributed by atoms with van der Waals surface area (Å²) in [7, 11) is 1.72. The molecular formula is C11H21NO2. The van der Waals surface area contributed by atoms with Crippen molar-refractivity contribution in [3.8, 4) is 0 Å². The summed E-state index contributed by atoms with van der Waals surface area (Å²) in [5.41, 5.74) is 0. The Kier molecular flexibility index (Phi) is 4.55. The van der Waals surface area contributed by atoms with E-state index in [0.717, 1.165) is 32.7 Å². The lowest BCUT2D eigenvalue weighted by atomic mass is 9.95. The Morgan fingerprint density at radius 3 is 2.86 bits per heavy atom. The number of Topliss-reactive ketones (excluding diaryl/α,β-unsaturated/α-hetero) is 1. The first-order valence-electron chi connectivity index (χ1n) is 5.40. The molecule has 0 amide bonds. The summed E-state index contributed by atoms with van der Waals surface area (Å²) in [6.45, 7) is 7.67. The minimum Gasteiger partial charge on any atom is -0.383 e. The second-order valence-electron chi connectivity index (χ2n) is 4.34. The Balaban J connectivity index is 2.30. The molecular weight excluding hydrogens is 178 g/mol. The quantitative estimate of drug-likeness (QED) is 0.666. The van der Waals surface area contributed by atoms with Gasteiger partial charge in [-0.15, -0.1) is 0 Å². The minimum atomic E-state index is 0.183. The number of ether oxygens (including phenoxy) is 1. The third kappa shape index (κ3) is 3.07. The molecule has 3 heteroatoms. The molecule has 14 heavy (non-hydrogen) atoms. The highest BCUT2D eigenvalue weighted by Crippen LogP contribution is 2.19. The molecule has 1 aliphatic rings. The molecule has 1 heterocycles. The monoisotopic (exact) mass is 199 g/mol. The van der Waals surface area contributed by atoms with Crippen LogP contribution in [0.1, 0.15) is 20.3 Å². The summed E-state index contributed by atoms with van der Waals surface area (Å²) >= 11 is 0. The van der Waals surface area contributed by atoms with Gasteiger partial charge in [-0.3, -0.25) is 4.79 Å². The van der Waals surface area contributed by atoms with Crippen LogP contribution in [-0.2, 0) is 9.53 Å². The molecule has 1 aliphatic heterocycles. The Bertz CT molecular complexity index is 192. The maximum Gasteiger partial charge on any atom is 0.139 e. The molecule has 0 aromatic rings. The molecule has 0 aliphatic carbocycles. The number of hydrogen-bond donors (Lipinski definition) is 0. The summed E-state index contributed by atoms with van der Waals surface area (Å²) in [6, 6.07) is 0. The van der Waals surface area contributed by atoms with Gasteiger partial charge < -0.3 is 9.64 Å². The normalized spacial score (nSPS) is 23.3. The predicted octanol–water partition coefficient (Wildman–Crippen LogP) is 1.18. The standard InChI is InChI=1S/C11H21NO2/c1-9(2)11(13)10-4-5-12(8-10)6-7-14-3/h9-10H,4-8H2,1-3H3. The van der Waals surface area contributed by atoms with Gasteiger partial charge in [0.25, 0.3) is 0 Å². The number of rotatable bonds is 5. The largest absolute Gasteiger partial charge is 0.383 e. The van der Waals surface area contributed by atoms with Gasteiger partial charge in [-0.05, 0) is 13.0 Å². The zero-order valence-corrected chi connectivity index (χ0v) is 9.45. The fraction of sp³-hybridized carbons (Fsp3) is 0.909. The SMILES string of the molecule is COCCN1CCC(C(=O)C(C)C)C1. The summed E-state index contributed by atoms with van der Waals surface area (Å²) in [4.78, 5) is 14.0. The summed E-state index contributed by atoms with van der Waals surface area (Å²) < 4.78 is 5.02. The molecule has 0 radical (unpaired) electrons. The average molecular weight is 199 g/mol. The van der Waals surface area contributed by atoms with Crippen LogP contribution in [0.25, 0.3) is 0 Å². The lowest BCUT2D eigenvalue weighted by molar-refractivity contribution is -0.125. The molecule has 0 bridgehead atoms. The van der Waals surface area contributed by atoms with Gasteiger partial charge in [0.05, 0.1) is 6.61 Å². The molecule has 3 nitrogen and oxygen atoms in total. The van der Waals surface area contributed by atoms with Crippen molar-refractivity contribution in [3.05, 3.63) is 0 Å². The van der Waals surface area contributed by atoms with Crippen molar-refractivity contribution in [1.29, 1.82) is 0 Å². The number of nitrogens with zero attached hydrogens (tertiary/aromatic N) is 1. The van der Waals surface area contributed by atoms with Crippen LogP contribution < -0.4 is 0 Å². The van der Waals surface area contributed by atoms with Crippen LogP contribution in [0.3, 0.4) is 0 Å². The fourth-order valence-corrected chi connectivity index (χ4v) is 1.96. The van der Waals surface area contributed by atoms with Crippen LogP contribution in [0.2, 0.25) is 0 Å². The zero-order chi connectivity index (χ0) is 10.6. The molecule has 1 saturated heterocycles. The van der Waals surface area contributed by atoms with Crippen molar-refractivity contribution in [2.45, 2.75) is 20.3 Å². The molecule has 0 spiro atoms. The van der Waals surface area contributed by atoms with E-state index in [-0.39, 0.29) is 11.8 Å². The topological polar surface area (TPSA) is 29.5 Å². The zero-order valence-electron chi connectivity index (χ0n) is 9.45. The molecule has 0 aromatic heterocycles. The van der Waals surface area contributed by atoms with Gasteiger partial charge in [0.1, 0.15) is 5.78 Å². The third-order valence-electron chi connectivity index (χ3n) is 2.86. The van der Waals surface area contributed by atoms with E-state index in [9.17, 15) is 4.79 Å². The second kappa shape index (κ2) is 5.47. The van der Waals surface area contributed by atoms with Gasteiger partial charge in [0.15, 0.2) is 0 Å². The highest BCUT2D eigenvalue weighted by atomic mass is 16.5. The van der Waals surface area contributed by atoms with Crippen LogP contribution >= 0.6 is 0 Å². The first kappa shape index (κ1) is 11.7. The van der Waals surface area contributed by atoms with Crippen molar-refractivity contribution >= 4 is 5.78 Å². The van der Waals surface area contributed by atoms with Gasteiger partial charge in [-0.1, -0.05) is 13.8 Å². The second-order valence-corrected chi connectivity index (χ2v) is 4.34. The van der Waals surface area contributed by atoms with E-state index < -0.39 is 0 Å². The number of likely N-dealkylation sites (tertiary alicyclic amines) is 1. The van der Waals surface area contributed by atoms with Crippen LogP contribution in [0.15, 0.2) is 0 Å². The lowest BCUT2D eigenvalue weighted by Crippen LogP contribution is -2.27. The molecule has 1 fully saturated rings. The molecule has 0 saturated carbocycles. The highest BCUT2D eigenvalue weighted by Gasteiger charge is 2.28. The van der Waals surface area contributed by atoms with E-state index >= 15 is 0 Å². The van der Waals surface area contributed by atoms with Crippen LogP contribution in [0, 0.1) is 11.8 Å². The van der Waals surface area contributed by atoms with E-state index in [4.69, 9.17) is 4.74 Å². The lowest BCUT2D eigenvalue weighted by Gasteiger charge is -2.15. The first-order chi connectivity index (χ1) is 6.65. The van der Waals surface area contributed by atoms with Crippen LogP contribution in [-0.4, -0.2) is 44.0 Å². The van der Waals surface area contributed by atoms with Crippen molar-refractivity contribution in [2.24, 2.45) is 11.8 Å². The van der Waals surface area contributed by atoms with Gasteiger partial charge in [-0.2, -0.15) is 0 Å². The average Bonchev–Trinajstić information content (AvgIpc) is 2.61. The predicted molar refractivity (Wildman–Crippen MR) is 56.3 cm³/mol. The molecule has 82 valence electrons. The number of carbonyl (C=O) groups excluding carboxylic acids is 1. The van der Waals surface area contributed by atoms with E-state index in [1.807, 2.05) is 13.8 Å². The van der Waals surface area contributed by atoms with E-state index in [0.29, 0.717) is 5.78 Å². The Morgan fingerprint density at radius 2 is 2.29 bits per heavy atom. The third-order valence-corrected chi connectivity index (χ3v) is 2.86. The number of ketones is 1. The molecule has 0 N–H and O–H groups in total. The maximum atomic E-state index is 11.7. The fourth-order valence-electron chi connectivity index (χ4n) is 1.96. The highest BCUT2D eigenvalue weighted by molar-refractivity contribution is 5.83. The van der Waals surface area contributed by atoms with E-state index in [1.165, 1.54) is 0 Å². The van der Waals surface area contributed by atoms with E-state index in [2.05, 4.69) is 4.90 Å². The Labute approximate surface area is 86.4 Å². The molecule has 0 aromatic carbocycles. The smallest absolute Gasteiger partial charge is 0.139 e. The summed E-state index contributed by atoms with van der Waals surface area (Å²) in [6.07, 6.45) is 1.03. The molecule has 1 rings (SSSR count). The summed E-state index contributed by atoms with van der Waals surface area (Å²) in [5, 5.41) is 0. The van der Waals surface area contributed by atoms with Crippen molar-refractivity contribution in [2.75, 3.05) is 33.4 Å². The number of hydrogen-bond acceptors (Lipinski definition) is 3. The summed E-state index contributed by atoms with van der Waals surface area (Å²) in [5.74, 6) is 0.874. The van der Waals surface area contributed by atoms with Gasteiger partial charge in [0.2, 0.25) is 0 Å². The first-order valence-corrected chi connectivity index (χ1v) is 5.40. The van der Waals surface area contributed by atoms with Gasteiger partial charge >= 0.3 is 0 Å².